The highest BCUT2D eigenvalue weighted by Gasteiger charge is 2.18. The number of hydrogen-bond donors (Lipinski definition) is 0. The van der Waals surface area contributed by atoms with Crippen LogP contribution in [0.2, 0.25) is 0 Å². The highest BCUT2D eigenvalue weighted by molar-refractivity contribution is 9.09. The Hall–Kier alpha value is -0.350. The lowest BCUT2D eigenvalue weighted by Crippen LogP contribution is -2.38. The quantitative estimate of drug-likeness (QED) is 0.782. The second-order valence-corrected chi connectivity index (χ2v) is 4.88. The van der Waals surface area contributed by atoms with Crippen LogP contribution in [0.15, 0.2) is 18.5 Å². The van der Waals surface area contributed by atoms with Gasteiger partial charge in [0.2, 0.25) is 0 Å². The van der Waals surface area contributed by atoms with Crippen LogP contribution >= 0.6 is 15.9 Å². The molecule has 84 valence electrons. The molecular weight excluding hydrogens is 254 g/mol. The van der Waals surface area contributed by atoms with Gasteiger partial charge in [-0.25, -0.2) is 0 Å². The van der Waals surface area contributed by atoms with Gasteiger partial charge in [0.1, 0.15) is 0 Å². The van der Waals surface area contributed by atoms with E-state index in [-0.39, 0.29) is 0 Å². The molecule has 1 unspecified atom stereocenters. The Bertz CT molecular complexity index is 273. The molecule has 0 aliphatic carbocycles. The Morgan fingerprint density at radius 1 is 1.40 bits per heavy atom. The van der Waals surface area contributed by atoms with Gasteiger partial charge in [0.25, 0.3) is 0 Å². The Labute approximate surface area is 99.6 Å². The van der Waals surface area contributed by atoms with E-state index in [0.717, 1.165) is 24.3 Å². The van der Waals surface area contributed by atoms with E-state index in [1.165, 1.54) is 25.9 Å². The fourth-order valence-corrected chi connectivity index (χ4v) is 2.69. The largest absolute Gasteiger partial charge is 0.301 e. The molecule has 1 aliphatic rings. The van der Waals surface area contributed by atoms with Crippen LogP contribution < -0.4 is 0 Å². The van der Waals surface area contributed by atoms with Crippen molar-refractivity contribution < 1.29 is 0 Å². The summed E-state index contributed by atoms with van der Waals surface area (Å²) >= 11 is 3.58. The number of nitrogens with zero attached hydrogens (tertiary/aromatic N) is 3. The van der Waals surface area contributed by atoms with Crippen LogP contribution in [0.4, 0.5) is 0 Å². The third-order valence-corrected chi connectivity index (χ3v) is 3.94. The maximum atomic E-state index is 4.22. The zero-order valence-corrected chi connectivity index (χ0v) is 10.6. The summed E-state index contributed by atoms with van der Waals surface area (Å²) in [6, 6.07) is 1.98. The van der Waals surface area contributed by atoms with Crippen LogP contribution in [-0.4, -0.2) is 39.6 Å². The molecule has 0 radical (unpaired) electrons. The lowest BCUT2D eigenvalue weighted by molar-refractivity contribution is 0.179. The first-order valence-electron chi connectivity index (χ1n) is 5.64. The Kier molecular flexibility index (Phi) is 4.20. The standard InChI is InChI=1S/C11H18BrN3/c12-9-11-3-1-5-14(10-11)7-8-15-6-2-4-13-15/h2,4,6,11H,1,3,5,7-10H2. The fraction of sp³-hybridized carbons (Fsp3) is 0.727. The first-order valence-corrected chi connectivity index (χ1v) is 6.76. The summed E-state index contributed by atoms with van der Waals surface area (Å²) in [6.07, 6.45) is 6.60. The Morgan fingerprint density at radius 2 is 2.33 bits per heavy atom. The minimum atomic E-state index is 0.844. The summed E-state index contributed by atoms with van der Waals surface area (Å²) in [5.41, 5.74) is 0. The van der Waals surface area contributed by atoms with Crippen LogP contribution in [0.5, 0.6) is 0 Å². The van der Waals surface area contributed by atoms with Crippen molar-refractivity contribution in [2.24, 2.45) is 5.92 Å². The van der Waals surface area contributed by atoms with E-state index < -0.39 is 0 Å². The fourth-order valence-electron chi connectivity index (χ4n) is 2.16. The van der Waals surface area contributed by atoms with E-state index in [0.29, 0.717) is 0 Å². The van der Waals surface area contributed by atoms with E-state index in [9.17, 15) is 0 Å². The molecular formula is C11H18BrN3. The number of likely N-dealkylation sites (tertiary alicyclic amines) is 1. The molecule has 1 atom stereocenters. The highest BCUT2D eigenvalue weighted by atomic mass is 79.9. The Balaban J connectivity index is 1.74. The third kappa shape index (κ3) is 3.31. The lowest BCUT2D eigenvalue weighted by Gasteiger charge is -2.31. The molecule has 1 aromatic rings. The highest BCUT2D eigenvalue weighted by Crippen LogP contribution is 2.17. The zero-order chi connectivity index (χ0) is 10.5. The summed E-state index contributed by atoms with van der Waals surface area (Å²) in [5, 5.41) is 5.36. The van der Waals surface area contributed by atoms with Crippen molar-refractivity contribution >= 4 is 15.9 Å². The predicted molar refractivity (Wildman–Crippen MR) is 65.2 cm³/mol. The molecule has 0 amide bonds. The molecule has 3 nitrogen and oxygen atoms in total. The van der Waals surface area contributed by atoms with E-state index in [1.807, 2.05) is 23.1 Å². The van der Waals surface area contributed by atoms with Gasteiger partial charge in [0.15, 0.2) is 0 Å². The monoisotopic (exact) mass is 271 g/mol. The molecule has 2 rings (SSSR count). The second-order valence-electron chi connectivity index (χ2n) is 4.23. The molecule has 2 heterocycles. The summed E-state index contributed by atoms with van der Waals surface area (Å²) in [6.45, 7) is 4.64. The summed E-state index contributed by atoms with van der Waals surface area (Å²) < 4.78 is 2.01. The summed E-state index contributed by atoms with van der Waals surface area (Å²) in [7, 11) is 0. The van der Waals surface area contributed by atoms with Gasteiger partial charge >= 0.3 is 0 Å². The minimum absolute atomic E-state index is 0.844. The molecule has 0 spiro atoms. The van der Waals surface area contributed by atoms with Gasteiger partial charge in [-0.3, -0.25) is 4.68 Å². The number of alkyl halides is 1. The van der Waals surface area contributed by atoms with Crippen LogP contribution in [0, 0.1) is 5.92 Å². The maximum Gasteiger partial charge on any atom is 0.0536 e. The van der Waals surface area contributed by atoms with E-state index in [4.69, 9.17) is 0 Å². The first kappa shape index (κ1) is 11.1. The van der Waals surface area contributed by atoms with Crippen LogP contribution in [-0.2, 0) is 6.54 Å². The zero-order valence-electron chi connectivity index (χ0n) is 8.98. The molecule has 1 fully saturated rings. The summed E-state index contributed by atoms with van der Waals surface area (Å²) in [4.78, 5) is 2.55. The van der Waals surface area contributed by atoms with Gasteiger partial charge in [-0.15, -0.1) is 0 Å². The topological polar surface area (TPSA) is 21.1 Å². The number of halogens is 1. The average molecular weight is 272 g/mol. The van der Waals surface area contributed by atoms with E-state index >= 15 is 0 Å². The van der Waals surface area contributed by atoms with Crippen molar-refractivity contribution in [2.45, 2.75) is 19.4 Å². The van der Waals surface area contributed by atoms with Crippen molar-refractivity contribution in [3.05, 3.63) is 18.5 Å². The number of piperidine rings is 1. The number of rotatable bonds is 4. The van der Waals surface area contributed by atoms with Gasteiger partial charge in [-0.05, 0) is 31.4 Å². The van der Waals surface area contributed by atoms with Gasteiger partial charge in [-0.2, -0.15) is 5.10 Å². The molecule has 0 saturated carbocycles. The van der Waals surface area contributed by atoms with Crippen molar-refractivity contribution in [1.29, 1.82) is 0 Å². The molecule has 15 heavy (non-hydrogen) atoms. The minimum Gasteiger partial charge on any atom is -0.301 e. The van der Waals surface area contributed by atoms with Gasteiger partial charge in [0.05, 0.1) is 6.54 Å². The number of hydrogen-bond acceptors (Lipinski definition) is 2. The van der Waals surface area contributed by atoms with E-state index in [1.54, 1.807) is 0 Å². The normalized spacial score (nSPS) is 23.1. The molecule has 1 aliphatic heterocycles. The van der Waals surface area contributed by atoms with Crippen molar-refractivity contribution in [1.82, 2.24) is 14.7 Å². The van der Waals surface area contributed by atoms with Gasteiger partial charge in [-0.1, -0.05) is 15.9 Å². The van der Waals surface area contributed by atoms with Crippen molar-refractivity contribution in [3.63, 3.8) is 0 Å². The third-order valence-electron chi connectivity index (χ3n) is 3.03. The molecule has 0 N–H and O–H groups in total. The van der Waals surface area contributed by atoms with Crippen molar-refractivity contribution in [2.75, 3.05) is 25.0 Å². The molecule has 0 aromatic carbocycles. The molecule has 4 heteroatoms. The molecule has 1 saturated heterocycles. The lowest BCUT2D eigenvalue weighted by atomic mass is 10.0. The SMILES string of the molecule is BrCC1CCCN(CCn2cccn2)C1. The average Bonchev–Trinajstić information content (AvgIpc) is 2.79. The second kappa shape index (κ2) is 5.66. The van der Waals surface area contributed by atoms with Gasteiger partial charge < -0.3 is 4.90 Å². The van der Waals surface area contributed by atoms with Crippen LogP contribution in [0.1, 0.15) is 12.8 Å². The summed E-state index contributed by atoms with van der Waals surface area (Å²) in [5.74, 6) is 0.844. The maximum absolute atomic E-state index is 4.22. The first-order chi connectivity index (χ1) is 7.38. The van der Waals surface area contributed by atoms with Crippen LogP contribution in [0.25, 0.3) is 0 Å². The van der Waals surface area contributed by atoms with Crippen LogP contribution in [0.3, 0.4) is 0 Å². The molecule has 1 aromatic heterocycles. The predicted octanol–water partition coefficient (Wildman–Crippen LogP) is 1.99. The molecule has 0 bridgehead atoms. The van der Waals surface area contributed by atoms with Crippen molar-refractivity contribution in [3.8, 4) is 0 Å². The van der Waals surface area contributed by atoms with E-state index in [2.05, 4.69) is 25.9 Å². The number of aromatic nitrogens is 2. The smallest absolute Gasteiger partial charge is 0.0536 e. The Morgan fingerprint density at radius 3 is 3.07 bits per heavy atom. The van der Waals surface area contributed by atoms with Gasteiger partial charge in [0, 0.05) is 30.8 Å².